The van der Waals surface area contributed by atoms with Crippen molar-refractivity contribution in [3.05, 3.63) is 63.1 Å². The lowest BCUT2D eigenvalue weighted by atomic mass is 10.1. The van der Waals surface area contributed by atoms with Crippen LogP contribution < -0.4 is 10.1 Å². The highest BCUT2D eigenvalue weighted by Crippen LogP contribution is 2.24. The van der Waals surface area contributed by atoms with E-state index in [-0.39, 0.29) is 25.0 Å². The lowest BCUT2D eigenvalue weighted by Gasteiger charge is -2.31. The van der Waals surface area contributed by atoms with Gasteiger partial charge in [-0.05, 0) is 48.2 Å². The Labute approximate surface area is 198 Å². The monoisotopic (exact) mass is 484 g/mol. The first kappa shape index (κ1) is 25.3. The van der Waals surface area contributed by atoms with Crippen LogP contribution >= 0.6 is 34.8 Å². The topological polar surface area (TPSA) is 58.6 Å². The molecule has 1 atom stereocenters. The standard InChI is InChI=1S/C23H27Cl3N2O3/c1-4-21(23(30)27-12-15(2)3)28(13-16-8-9-19(25)20(26)10-16)22(29)14-31-18-7-5-6-17(24)11-18/h5-11,15,21H,4,12-14H2,1-3H3,(H,27,30)/t21-/m0/s1. The third-order valence-corrected chi connectivity index (χ3v) is 5.54. The molecule has 168 valence electrons. The molecule has 0 spiro atoms. The van der Waals surface area contributed by atoms with Crippen LogP contribution in [-0.2, 0) is 16.1 Å². The van der Waals surface area contributed by atoms with Crippen LogP contribution in [0.3, 0.4) is 0 Å². The maximum absolute atomic E-state index is 13.1. The van der Waals surface area contributed by atoms with E-state index in [4.69, 9.17) is 39.5 Å². The number of nitrogens with one attached hydrogen (secondary N) is 1. The molecule has 0 unspecified atom stereocenters. The number of nitrogens with zero attached hydrogens (tertiary/aromatic N) is 1. The summed E-state index contributed by atoms with van der Waals surface area (Å²) in [4.78, 5) is 27.5. The van der Waals surface area contributed by atoms with E-state index in [9.17, 15) is 9.59 Å². The number of rotatable bonds is 10. The van der Waals surface area contributed by atoms with Crippen LogP contribution in [0.1, 0.15) is 32.8 Å². The van der Waals surface area contributed by atoms with Crippen LogP contribution in [-0.4, -0.2) is 35.9 Å². The highest BCUT2D eigenvalue weighted by molar-refractivity contribution is 6.42. The molecular weight excluding hydrogens is 459 g/mol. The van der Waals surface area contributed by atoms with Crippen LogP contribution in [0, 0.1) is 5.92 Å². The van der Waals surface area contributed by atoms with Crippen LogP contribution in [0.2, 0.25) is 15.1 Å². The average molecular weight is 486 g/mol. The summed E-state index contributed by atoms with van der Waals surface area (Å²) in [6.45, 7) is 6.39. The van der Waals surface area contributed by atoms with E-state index in [1.54, 1.807) is 42.5 Å². The van der Waals surface area contributed by atoms with Crippen molar-refractivity contribution in [1.29, 1.82) is 0 Å². The quantitative estimate of drug-likeness (QED) is 0.476. The van der Waals surface area contributed by atoms with Gasteiger partial charge in [0.05, 0.1) is 10.0 Å². The van der Waals surface area contributed by atoms with Crippen molar-refractivity contribution in [2.75, 3.05) is 13.2 Å². The van der Waals surface area contributed by atoms with E-state index < -0.39 is 6.04 Å². The second kappa shape index (κ2) is 12.2. The van der Waals surface area contributed by atoms with Crippen molar-refractivity contribution >= 4 is 46.6 Å². The van der Waals surface area contributed by atoms with Crippen molar-refractivity contribution in [2.24, 2.45) is 5.92 Å². The molecule has 0 radical (unpaired) electrons. The highest BCUT2D eigenvalue weighted by Gasteiger charge is 2.29. The molecule has 0 aromatic heterocycles. The van der Waals surface area contributed by atoms with Gasteiger partial charge in [-0.1, -0.05) is 67.7 Å². The number of amides is 2. The number of hydrogen-bond acceptors (Lipinski definition) is 3. The van der Waals surface area contributed by atoms with E-state index in [0.29, 0.717) is 39.7 Å². The van der Waals surface area contributed by atoms with E-state index in [0.717, 1.165) is 5.56 Å². The zero-order valence-electron chi connectivity index (χ0n) is 17.8. The zero-order valence-corrected chi connectivity index (χ0v) is 20.1. The molecule has 0 bridgehead atoms. The van der Waals surface area contributed by atoms with Crippen molar-refractivity contribution in [1.82, 2.24) is 10.2 Å². The van der Waals surface area contributed by atoms with Crippen molar-refractivity contribution < 1.29 is 14.3 Å². The SMILES string of the molecule is CC[C@@H](C(=O)NCC(C)C)N(Cc1ccc(Cl)c(Cl)c1)C(=O)COc1cccc(Cl)c1. The zero-order chi connectivity index (χ0) is 23.0. The Bertz CT molecular complexity index is 905. The minimum atomic E-state index is -0.649. The van der Waals surface area contributed by atoms with Crippen LogP contribution in [0.25, 0.3) is 0 Å². The van der Waals surface area contributed by atoms with Crippen molar-refractivity contribution in [3.8, 4) is 5.75 Å². The van der Waals surface area contributed by atoms with Gasteiger partial charge in [0.25, 0.3) is 5.91 Å². The summed E-state index contributed by atoms with van der Waals surface area (Å²) in [6, 6.07) is 11.3. The van der Waals surface area contributed by atoms with Gasteiger partial charge in [0.2, 0.25) is 5.91 Å². The maximum Gasteiger partial charge on any atom is 0.261 e. The lowest BCUT2D eigenvalue weighted by Crippen LogP contribution is -2.50. The van der Waals surface area contributed by atoms with Crippen LogP contribution in [0.15, 0.2) is 42.5 Å². The number of ether oxygens (including phenoxy) is 1. The Morgan fingerprint density at radius 1 is 1.06 bits per heavy atom. The normalized spacial score (nSPS) is 11.8. The van der Waals surface area contributed by atoms with E-state index in [2.05, 4.69) is 5.32 Å². The fourth-order valence-corrected chi connectivity index (χ4v) is 3.46. The van der Waals surface area contributed by atoms with Gasteiger partial charge < -0.3 is 15.0 Å². The molecule has 0 aliphatic rings. The number of carbonyl (C=O) groups excluding carboxylic acids is 2. The average Bonchev–Trinajstić information content (AvgIpc) is 2.73. The first-order valence-electron chi connectivity index (χ1n) is 10.1. The largest absolute Gasteiger partial charge is 0.484 e. The number of hydrogen-bond donors (Lipinski definition) is 1. The van der Waals surface area contributed by atoms with E-state index in [1.807, 2.05) is 20.8 Å². The molecule has 0 heterocycles. The molecule has 0 aliphatic carbocycles. The molecule has 0 saturated carbocycles. The summed E-state index contributed by atoms with van der Waals surface area (Å²) in [5.74, 6) is 0.254. The predicted octanol–water partition coefficient (Wildman–Crippen LogP) is 5.61. The Hall–Kier alpha value is -1.95. The summed E-state index contributed by atoms with van der Waals surface area (Å²) in [6.07, 6.45) is 0.453. The molecule has 8 heteroatoms. The third kappa shape index (κ3) is 7.91. The Morgan fingerprint density at radius 3 is 2.42 bits per heavy atom. The van der Waals surface area contributed by atoms with Gasteiger partial charge in [-0.3, -0.25) is 9.59 Å². The van der Waals surface area contributed by atoms with Gasteiger partial charge in [0.15, 0.2) is 6.61 Å². The summed E-state index contributed by atoms with van der Waals surface area (Å²) >= 11 is 18.1. The number of carbonyl (C=O) groups is 2. The van der Waals surface area contributed by atoms with Crippen LogP contribution in [0.4, 0.5) is 0 Å². The van der Waals surface area contributed by atoms with Crippen LogP contribution in [0.5, 0.6) is 5.75 Å². The van der Waals surface area contributed by atoms with Gasteiger partial charge >= 0.3 is 0 Å². The minimum absolute atomic E-state index is 0.197. The molecule has 2 amide bonds. The lowest BCUT2D eigenvalue weighted by molar-refractivity contribution is -0.143. The maximum atomic E-state index is 13.1. The van der Waals surface area contributed by atoms with Crippen molar-refractivity contribution in [2.45, 2.75) is 39.8 Å². The minimum Gasteiger partial charge on any atom is -0.484 e. The Balaban J connectivity index is 2.22. The second-order valence-corrected chi connectivity index (χ2v) is 8.83. The highest BCUT2D eigenvalue weighted by atomic mass is 35.5. The summed E-state index contributed by atoms with van der Waals surface area (Å²) in [5.41, 5.74) is 0.764. The molecule has 2 rings (SSSR count). The summed E-state index contributed by atoms with van der Waals surface area (Å²) < 4.78 is 5.63. The molecular formula is C23H27Cl3N2O3. The fourth-order valence-electron chi connectivity index (χ4n) is 2.96. The smallest absolute Gasteiger partial charge is 0.261 e. The molecule has 0 aliphatic heterocycles. The molecule has 0 saturated heterocycles. The third-order valence-electron chi connectivity index (χ3n) is 4.57. The van der Waals surface area contributed by atoms with Gasteiger partial charge in [0, 0.05) is 18.1 Å². The summed E-state index contributed by atoms with van der Waals surface area (Å²) in [5, 5.41) is 4.24. The first-order valence-corrected chi connectivity index (χ1v) is 11.2. The molecule has 1 N–H and O–H groups in total. The predicted molar refractivity (Wildman–Crippen MR) is 126 cm³/mol. The Morgan fingerprint density at radius 2 is 1.81 bits per heavy atom. The number of halogens is 3. The fraction of sp³-hybridized carbons (Fsp3) is 0.391. The van der Waals surface area contributed by atoms with Gasteiger partial charge in [-0.15, -0.1) is 0 Å². The first-order chi connectivity index (χ1) is 14.7. The summed E-state index contributed by atoms with van der Waals surface area (Å²) in [7, 11) is 0. The number of benzene rings is 2. The van der Waals surface area contributed by atoms with E-state index in [1.165, 1.54) is 4.90 Å². The molecule has 2 aromatic rings. The molecule has 0 fully saturated rings. The molecule has 2 aromatic carbocycles. The second-order valence-electron chi connectivity index (χ2n) is 7.58. The Kier molecular flexibility index (Phi) is 9.94. The van der Waals surface area contributed by atoms with Gasteiger partial charge in [0.1, 0.15) is 11.8 Å². The van der Waals surface area contributed by atoms with Gasteiger partial charge in [-0.25, -0.2) is 0 Å². The molecule has 5 nitrogen and oxygen atoms in total. The molecule has 31 heavy (non-hydrogen) atoms. The van der Waals surface area contributed by atoms with Gasteiger partial charge in [-0.2, -0.15) is 0 Å². The van der Waals surface area contributed by atoms with Crippen molar-refractivity contribution in [3.63, 3.8) is 0 Å². The van der Waals surface area contributed by atoms with E-state index >= 15 is 0 Å².